The predicted molar refractivity (Wildman–Crippen MR) is 66.5 cm³/mol. The highest BCUT2D eigenvalue weighted by molar-refractivity contribution is 5.35. The molecule has 1 aromatic heterocycles. The summed E-state index contributed by atoms with van der Waals surface area (Å²) in [5.41, 5.74) is 0.843. The van der Waals surface area contributed by atoms with Crippen LogP contribution in [-0.2, 0) is 0 Å². The summed E-state index contributed by atoms with van der Waals surface area (Å²) in [4.78, 5) is 4.16. The van der Waals surface area contributed by atoms with Crippen molar-refractivity contribution in [2.45, 2.75) is 32.4 Å². The van der Waals surface area contributed by atoms with Crippen LogP contribution in [0.1, 0.15) is 32.4 Å². The second kappa shape index (κ2) is 5.27. The lowest BCUT2D eigenvalue weighted by atomic mass is 10.1. The lowest BCUT2D eigenvalue weighted by Crippen LogP contribution is -2.38. The summed E-state index contributed by atoms with van der Waals surface area (Å²) < 4.78 is 0. The second-order valence-corrected chi connectivity index (χ2v) is 4.87. The van der Waals surface area contributed by atoms with Gasteiger partial charge in [0.1, 0.15) is 5.82 Å². The number of nitrogens with zero attached hydrogens (tertiary/aromatic N) is 1. The summed E-state index contributed by atoms with van der Waals surface area (Å²) in [6.45, 7) is 6.75. The quantitative estimate of drug-likeness (QED) is 0.725. The molecule has 4 nitrogen and oxygen atoms in total. The number of anilines is 1. The molecule has 90 valence electrons. The maximum absolute atomic E-state index is 9.92. The van der Waals surface area contributed by atoms with Crippen molar-refractivity contribution in [3.63, 3.8) is 0 Å². The van der Waals surface area contributed by atoms with E-state index in [-0.39, 0.29) is 5.54 Å². The average molecular weight is 223 g/mol. The van der Waals surface area contributed by atoms with Crippen molar-refractivity contribution in [1.29, 1.82) is 0 Å². The molecule has 0 saturated carbocycles. The van der Waals surface area contributed by atoms with Gasteiger partial charge in [-0.05, 0) is 26.8 Å². The number of β-amino-alcohol motifs (C(OH)–C–C–N with tert-alkyl or cyclic N) is 1. The van der Waals surface area contributed by atoms with Gasteiger partial charge in [-0.1, -0.05) is 6.07 Å². The number of pyridine rings is 1. The summed E-state index contributed by atoms with van der Waals surface area (Å²) >= 11 is 0. The minimum atomic E-state index is -0.516. The van der Waals surface area contributed by atoms with Gasteiger partial charge in [0.05, 0.1) is 6.10 Å². The number of hydrogen-bond acceptors (Lipinski definition) is 4. The topological polar surface area (TPSA) is 57.2 Å². The van der Waals surface area contributed by atoms with Gasteiger partial charge in [-0.15, -0.1) is 0 Å². The van der Waals surface area contributed by atoms with Crippen LogP contribution in [0.4, 0.5) is 5.82 Å². The van der Waals surface area contributed by atoms with Crippen molar-refractivity contribution in [3.8, 4) is 0 Å². The van der Waals surface area contributed by atoms with Crippen LogP contribution in [0.15, 0.2) is 18.3 Å². The van der Waals surface area contributed by atoms with Gasteiger partial charge in [0.25, 0.3) is 0 Å². The van der Waals surface area contributed by atoms with E-state index in [0.717, 1.165) is 11.4 Å². The summed E-state index contributed by atoms with van der Waals surface area (Å²) in [5, 5.41) is 16.1. The molecule has 0 fully saturated rings. The molecule has 0 spiro atoms. The van der Waals surface area contributed by atoms with E-state index in [9.17, 15) is 5.11 Å². The molecule has 1 unspecified atom stereocenters. The van der Waals surface area contributed by atoms with Crippen molar-refractivity contribution < 1.29 is 5.11 Å². The normalized spacial score (nSPS) is 13.6. The maximum atomic E-state index is 9.92. The molecule has 16 heavy (non-hydrogen) atoms. The smallest absolute Gasteiger partial charge is 0.125 e. The third-order valence-electron chi connectivity index (χ3n) is 2.25. The molecule has 3 N–H and O–H groups in total. The van der Waals surface area contributed by atoms with E-state index in [1.165, 1.54) is 0 Å². The number of nitrogens with one attached hydrogen (secondary N) is 2. The fourth-order valence-electron chi connectivity index (χ4n) is 1.27. The SMILES string of the molecule is CNc1ccc(C(O)CNC(C)(C)C)cn1. The van der Waals surface area contributed by atoms with Crippen molar-refractivity contribution in [3.05, 3.63) is 23.9 Å². The van der Waals surface area contributed by atoms with Crippen LogP contribution in [0.3, 0.4) is 0 Å². The molecule has 1 rings (SSSR count). The summed E-state index contributed by atoms with van der Waals surface area (Å²) in [7, 11) is 1.82. The van der Waals surface area contributed by atoms with E-state index in [1.54, 1.807) is 6.20 Å². The Kier molecular flexibility index (Phi) is 4.26. The number of rotatable bonds is 4. The standard InChI is InChI=1S/C12H21N3O/c1-12(2,3)15-8-10(16)9-5-6-11(13-4)14-7-9/h5-7,10,15-16H,8H2,1-4H3,(H,13,14). The molecule has 0 aromatic carbocycles. The van der Waals surface area contributed by atoms with Crippen LogP contribution in [-0.4, -0.2) is 29.2 Å². The zero-order valence-electron chi connectivity index (χ0n) is 10.4. The molecule has 0 amide bonds. The van der Waals surface area contributed by atoms with Crippen molar-refractivity contribution in [2.24, 2.45) is 0 Å². The molecule has 1 atom stereocenters. The largest absolute Gasteiger partial charge is 0.387 e. The van der Waals surface area contributed by atoms with Crippen LogP contribution in [0.25, 0.3) is 0 Å². The van der Waals surface area contributed by atoms with Crippen LogP contribution in [0.2, 0.25) is 0 Å². The van der Waals surface area contributed by atoms with Gasteiger partial charge >= 0.3 is 0 Å². The summed E-state index contributed by atoms with van der Waals surface area (Å²) in [6, 6.07) is 3.74. The Morgan fingerprint density at radius 1 is 1.38 bits per heavy atom. The first kappa shape index (κ1) is 12.9. The van der Waals surface area contributed by atoms with Gasteiger partial charge in [0, 0.05) is 30.9 Å². The highest BCUT2D eigenvalue weighted by atomic mass is 16.3. The molecule has 1 heterocycles. The Bertz CT molecular complexity index is 316. The highest BCUT2D eigenvalue weighted by Gasteiger charge is 2.13. The molecular weight excluding hydrogens is 202 g/mol. The molecule has 0 radical (unpaired) electrons. The summed E-state index contributed by atoms with van der Waals surface area (Å²) in [6.07, 6.45) is 1.18. The first-order chi connectivity index (χ1) is 7.42. The zero-order chi connectivity index (χ0) is 12.2. The minimum Gasteiger partial charge on any atom is -0.387 e. The number of hydrogen-bond donors (Lipinski definition) is 3. The lowest BCUT2D eigenvalue weighted by molar-refractivity contribution is 0.163. The molecule has 0 aliphatic heterocycles. The third-order valence-corrected chi connectivity index (χ3v) is 2.25. The number of aliphatic hydroxyl groups is 1. The number of aliphatic hydroxyl groups excluding tert-OH is 1. The monoisotopic (exact) mass is 223 g/mol. The molecule has 4 heteroatoms. The molecule has 0 aliphatic rings. The van der Waals surface area contributed by atoms with E-state index in [4.69, 9.17) is 0 Å². The van der Waals surface area contributed by atoms with Crippen LogP contribution >= 0.6 is 0 Å². The summed E-state index contributed by atoms with van der Waals surface area (Å²) in [5.74, 6) is 0.805. The molecule has 1 aromatic rings. The van der Waals surface area contributed by atoms with Gasteiger partial charge in [-0.25, -0.2) is 4.98 Å². The van der Waals surface area contributed by atoms with Gasteiger partial charge in [0.15, 0.2) is 0 Å². The van der Waals surface area contributed by atoms with Crippen molar-refractivity contribution in [1.82, 2.24) is 10.3 Å². The van der Waals surface area contributed by atoms with Gasteiger partial charge in [0.2, 0.25) is 0 Å². The molecule has 0 saturated heterocycles. The van der Waals surface area contributed by atoms with Crippen LogP contribution in [0.5, 0.6) is 0 Å². The number of aromatic nitrogens is 1. The molecule has 0 aliphatic carbocycles. The maximum Gasteiger partial charge on any atom is 0.125 e. The minimum absolute atomic E-state index is 0.0132. The zero-order valence-corrected chi connectivity index (χ0v) is 10.4. The van der Waals surface area contributed by atoms with E-state index in [0.29, 0.717) is 6.54 Å². The van der Waals surface area contributed by atoms with Crippen molar-refractivity contribution >= 4 is 5.82 Å². The fourth-order valence-corrected chi connectivity index (χ4v) is 1.27. The van der Waals surface area contributed by atoms with E-state index < -0.39 is 6.10 Å². The first-order valence-corrected chi connectivity index (χ1v) is 5.49. The van der Waals surface area contributed by atoms with Gasteiger partial charge in [-0.3, -0.25) is 0 Å². The third kappa shape index (κ3) is 4.16. The van der Waals surface area contributed by atoms with Crippen LogP contribution in [0, 0.1) is 0 Å². The van der Waals surface area contributed by atoms with E-state index in [1.807, 2.05) is 19.2 Å². The Hall–Kier alpha value is -1.13. The van der Waals surface area contributed by atoms with E-state index >= 15 is 0 Å². The lowest BCUT2D eigenvalue weighted by Gasteiger charge is -2.22. The Morgan fingerprint density at radius 2 is 2.06 bits per heavy atom. The Labute approximate surface area is 97.1 Å². The average Bonchev–Trinajstić information content (AvgIpc) is 2.25. The second-order valence-electron chi connectivity index (χ2n) is 4.87. The Morgan fingerprint density at radius 3 is 2.50 bits per heavy atom. The molecular formula is C12H21N3O. The predicted octanol–water partition coefficient (Wildman–Crippen LogP) is 1.54. The van der Waals surface area contributed by atoms with Gasteiger partial charge in [-0.2, -0.15) is 0 Å². The molecule has 0 bridgehead atoms. The van der Waals surface area contributed by atoms with Crippen molar-refractivity contribution in [2.75, 3.05) is 18.9 Å². The van der Waals surface area contributed by atoms with E-state index in [2.05, 4.69) is 36.4 Å². The van der Waals surface area contributed by atoms with Gasteiger partial charge < -0.3 is 15.7 Å². The fraction of sp³-hybridized carbons (Fsp3) is 0.583. The first-order valence-electron chi connectivity index (χ1n) is 5.49. The highest BCUT2D eigenvalue weighted by Crippen LogP contribution is 2.13. The Balaban J connectivity index is 2.56. The van der Waals surface area contributed by atoms with Crippen LogP contribution < -0.4 is 10.6 Å².